The second-order valence-corrected chi connectivity index (χ2v) is 7.10. The van der Waals surface area contributed by atoms with Crippen molar-refractivity contribution >= 4 is 57.9 Å². The highest BCUT2D eigenvalue weighted by Gasteiger charge is 2.36. The molecule has 0 unspecified atom stereocenters. The normalized spacial score (nSPS) is 15.2. The Hall–Kier alpha value is -3.17. The summed E-state index contributed by atoms with van der Waals surface area (Å²) in [4.78, 5) is 47.9. The van der Waals surface area contributed by atoms with Crippen LogP contribution in [0.25, 0.3) is 6.08 Å². The number of nitro groups is 1. The van der Waals surface area contributed by atoms with Crippen LogP contribution in [-0.4, -0.2) is 33.4 Å². The second kappa shape index (κ2) is 8.24. The summed E-state index contributed by atoms with van der Waals surface area (Å²) in [7, 11) is 0. The van der Waals surface area contributed by atoms with E-state index in [-0.39, 0.29) is 16.3 Å². The van der Waals surface area contributed by atoms with Crippen molar-refractivity contribution in [3.63, 3.8) is 0 Å². The molecule has 28 heavy (non-hydrogen) atoms. The van der Waals surface area contributed by atoms with Crippen LogP contribution in [0.5, 0.6) is 0 Å². The number of non-ortho nitro benzene ring substituents is 1. The van der Waals surface area contributed by atoms with Gasteiger partial charge in [0, 0.05) is 22.8 Å². The number of nitrogens with zero attached hydrogens (tertiary/aromatic N) is 2. The largest absolute Gasteiger partial charge is 0.324 e. The first kappa shape index (κ1) is 19.6. The monoisotopic (exact) mass is 417 g/mol. The van der Waals surface area contributed by atoms with Crippen molar-refractivity contribution < 1.29 is 19.3 Å². The van der Waals surface area contributed by atoms with Crippen LogP contribution in [0.1, 0.15) is 5.56 Å². The fraction of sp³-hybridized carbons (Fsp3) is 0.0556. The lowest BCUT2D eigenvalue weighted by Crippen LogP contribution is -2.36. The maximum Gasteiger partial charge on any atom is 0.294 e. The molecule has 8 nitrogen and oxygen atoms in total. The molecule has 3 rings (SSSR count). The molecule has 0 spiro atoms. The molecule has 1 heterocycles. The van der Waals surface area contributed by atoms with Crippen molar-refractivity contribution in [3.05, 3.63) is 74.1 Å². The molecule has 142 valence electrons. The number of hydrogen-bond acceptors (Lipinski definition) is 6. The lowest BCUT2D eigenvalue weighted by Gasteiger charge is -2.12. The van der Waals surface area contributed by atoms with Crippen LogP contribution in [0.4, 0.5) is 16.2 Å². The zero-order valence-corrected chi connectivity index (χ0v) is 15.7. The third-order valence-electron chi connectivity index (χ3n) is 3.68. The zero-order valence-electron chi connectivity index (χ0n) is 14.1. The number of carbonyl (C=O) groups excluding carboxylic acids is 3. The van der Waals surface area contributed by atoms with Crippen molar-refractivity contribution in [2.24, 2.45) is 0 Å². The van der Waals surface area contributed by atoms with Gasteiger partial charge in [-0.05, 0) is 41.6 Å². The molecule has 1 aliphatic rings. The van der Waals surface area contributed by atoms with E-state index < -0.39 is 28.5 Å². The maximum atomic E-state index is 12.4. The minimum Gasteiger partial charge on any atom is -0.324 e. The van der Waals surface area contributed by atoms with Crippen LogP contribution in [0.2, 0.25) is 5.02 Å². The summed E-state index contributed by atoms with van der Waals surface area (Å²) in [6.45, 7) is -0.495. The molecule has 2 aromatic carbocycles. The number of amides is 3. The lowest BCUT2D eigenvalue weighted by molar-refractivity contribution is -0.384. The Morgan fingerprint density at radius 2 is 1.93 bits per heavy atom. The van der Waals surface area contributed by atoms with E-state index in [9.17, 15) is 24.5 Å². The van der Waals surface area contributed by atoms with E-state index in [1.807, 2.05) is 0 Å². The molecule has 10 heteroatoms. The molecule has 0 atom stereocenters. The predicted octanol–water partition coefficient (Wildman–Crippen LogP) is 3.92. The molecule has 0 radical (unpaired) electrons. The number of imide groups is 1. The summed E-state index contributed by atoms with van der Waals surface area (Å²) in [6.07, 6.45) is 1.54. The lowest BCUT2D eigenvalue weighted by atomic mass is 10.2. The SMILES string of the molecule is O=C(CN1C(=O)S/C(=C\c2ccc(Cl)cc2)C1=O)Nc1cccc([N+](=O)[O-])c1. The highest BCUT2D eigenvalue weighted by atomic mass is 35.5. The van der Waals surface area contributed by atoms with Gasteiger partial charge in [0.25, 0.3) is 16.8 Å². The van der Waals surface area contributed by atoms with Crippen molar-refractivity contribution in [1.82, 2.24) is 4.90 Å². The van der Waals surface area contributed by atoms with Gasteiger partial charge >= 0.3 is 0 Å². The Morgan fingerprint density at radius 3 is 2.61 bits per heavy atom. The van der Waals surface area contributed by atoms with E-state index in [4.69, 9.17) is 11.6 Å². The van der Waals surface area contributed by atoms with E-state index in [1.54, 1.807) is 30.3 Å². The first-order valence-electron chi connectivity index (χ1n) is 7.89. The topological polar surface area (TPSA) is 110 Å². The molecule has 2 aromatic rings. The van der Waals surface area contributed by atoms with E-state index in [0.29, 0.717) is 10.6 Å². The number of benzene rings is 2. The number of carbonyl (C=O) groups is 3. The summed E-state index contributed by atoms with van der Waals surface area (Å²) in [5.41, 5.74) is 0.702. The molecule has 1 fully saturated rings. The van der Waals surface area contributed by atoms with Gasteiger partial charge in [0.15, 0.2) is 0 Å². The van der Waals surface area contributed by atoms with Crippen molar-refractivity contribution in [2.75, 3.05) is 11.9 Å². The van der Waals surface area contributed by atoms with E-state index in [2.05, 4.69) is 5.32 Å². The van der Waals surface area contributed by atoms with Crippen molar-refractivity contribution in [3.8, 4) is 0 Å². The van der Waals surface area contributed by atoms with Gasteiger partial charge in [-0.3, -0.25) is 29.4 Å². The standard InChI is InChI=1S/C18H12ClN3O5S/c19-12-6-4-11(5-7-12)8-15-17(24)21(18(25)28-15)10-16(23)20-13-2-1-3-14(9-13)22(26)27/h1-9H,10H2,(H,20,23)/b15-8-. The van der Waals surface area contributed by atoms with Gasteiger partial charge in [-0.15, -0.1) is 0 Å². The number of rotatable bonds is 5. The summed E-state index contributed by atoms with van der Waals surface area (Å²) >= 11 is 6.55. The molecule has 0 aliphatic carbocycles. The van der Waals surface area contributed by atoms with Gasteiger partial charge in [-0.25, -0.2) is 0 Å². The molecular weight excluding hydrogens is 406 g/mol. The highest BCUT2D eigenvalue weighted by molar-refractivity contribution is 8.18. The number of halogens is 1. The Labute approximate surface area is 168 Å². The first-order chi connectivity index (χ1) is 13.3. The van der Waals surface area contributed by atoms with E-state index in [0.717, 1.165) is 16.7 Å². The van der Waals surface area contributed by atoms with Gasteiger partial charge in [0.05, 0.1) is 9.83 Å². The number of nitrogens with one attached hydrogen (secondary N) is 1. The van der Waals surface area contributed by atoms with Gasteiger partial charge in [-0.2, -0.15) is 0 Å². The number of thioether (sulfide) groups is 1. The van der Waals surface area contributed by atoms with Crippen LogP contribution < -0.4 is 5.32 Å². The van der Waals surface area contributed by atoms with Crippen LogP contribution in [-0.2, 0) is 9.59 Å². The van der Waals surface area contributed by atoms with Gasteiger partial charge in [-0.1, -0.05) is 29.8 Å². The quantitative estimate of drug-likeness (QED) is 0.448. The summed E-state index contributed by atoms with van der Waals surface area (Å²) in [6, 6.07) is 12.1. The molecule has 1 saturated heterocycles. The van der Waals surface area contributed by atoms with Crippen LogP contribution in [0.15, 0.2) is 53.4 Å². The van der Waals surface area contributed by atoms with Crippen LogP contribution in [0, 0.1) is 10.1 Å². The Morgan fingerprint density at radius 1 is 1.21 bits per heavy atom. The Balaban J connectivity index is 1.68. The summed E-state index contributed by atoms with van der Waals surface area (Å²) < 4.78 is 0. The fourth-order valence-electron chi connectivity index (χ4n) is 2.39. The summed E-state index contributed by atoms with van der Waals surface area (Å²) in [5, 5.41) is 13.2. The highest BCUT2D eigenvalue weighted by Crippen LogP contribution is 2.32. The van der Waals surface area contributed by atoms with Crippen molar-refractivity contribution in [1.29, 1.82) is 0 Å². The van der Waals surface area contributed by atoms with Crippen LogP contribution >= 0.6 is 23.4 Å². The average Bonchev–Trinajstić information content (AvgIpc) is 2.91. The molecule has 3 amide bonds. The number of hydrogen-bond donors (Lipinski definition) is 1. The molecule has 0 saturated carbocycles. The Bertz CT molecular complexity index is 1010. The zero-order chi connectivity index (χ0) is 20.3. The van der Waals surface area contributed by atoms with E-state index >= 15 is 0 Å². The average molecular weight is 418 g/mol. The number of nitro benzene ring substituents is 1. The third kappa shape index (κ3) is 4.56. The van der Waals surface area contributed by atoms with Gasteiger partial charge in [0.2, 0.25) is 5.91 Å². The number of anilines is 1. The Kier molecular flexibility index (Phi) is 5.76. The molecule has 0 aromatic heterocycles. The fourth-order valence-corrected chi connectivity index (χ4v) is 3.35. The molecule has 1 aliphatic heterocycles. The van der Waals surface area contributed by atoms with Crippen LogP contribution in [0.3, 0.4) is 0 Å². The van der Waals surface area contributed by atoms with E-state index in [1.165, 1.54) is 24.3 Å². The molecule has 1 N–H and O–H groups in total. The molecular formula is C18H12ClN3O5S. The third-order valence-corrected chi connectivity index (χ3v) is 4.84. The first-order valence-corrected chi connectivity index (χ1v) is 9.08. The minimum atomic E-state index is -0.643. The molecule has 0 bridgehead atoms. The predicted molar refractivity (Wildman–Crippen MR) is 106 cm³/mol. The van der Waals surface area contributed by atoms with Crippen molar-refractivity contribution in [2.45, 2.75) is 0 Å². The second-order valence-electron chi connectivity index (χ2n) is 5.68. The minimum absolute atomic E-state index is 0.185. The smallest absolute Gasteiger partial charge is 0.294 e. The maximum absolute atomic E-state index is 12.4. The summed E-state index contributed by atoms with van der Waals surface area (Å²) in [5.74, 6) is -1.23. The van der Waals surface area contributed by atoms with Gasteiger partial charge in [0.1, 0.15) is 6.54 Å². The van der Waals surface area contributed by atoms with Gasteiger partial charge < -0.3 is 5.32 Å².